The lowest BCUT2D eigenvalue weighted by Gasteiger charge is -2.20. The highest BCUT2D eigenvalue weighted by atomic mass is 16.5. The minimum Gasteiger partial charge on any atom is -0.390 e. The van der Waals surface area contributed by atoms with Crippen molar-refractivity contribution in [3.8, 4) is 0 Å². The van der Waals surface area contributed by atoms with Crippen molar-refractivity contribution in [3.05, 3.63) is 48.2 Å². The third-order valence-corrected chi connectivity index (χ3v) is 3.80. The summed E-state index contributed by atoms with van der Waals surface area (Å²) in [5.74, 6) is 0.0326. The van der Waals surface area contributed by atoms with Gasteiger partial charge in [0.15, 0.2) is 0 Å². The van der Waals surface area contributed by atoms with Crippen molar-refractivity contribution in [1.29, 1.82) is 0 Å². The number of benzene rings is 1. The second kappa shape index (κ2) is 11.7. The van der Waals surface area contributed by atoms with Crippen LogP contribution in [0.2, 0.25) is 0 Å². The van der Waals surface area contributed by atoms with Gasteiger partial charge in [-0.1, -0.05) is 56.7 Å². The number of amides is 1. The van der Waals surface area contributed by atoms with Crippen LogP contribution in [-0.2, 0) is 16.0 Å². The Bertz CT molecular complexity index is 460. The van der Waals surface area contributed by atoms with Crippen molar-refractivity contribution in [2.24, 2.45) is 0 Å². The monoisotopic (exact) mass is 318 g/mol. The normalized spacial score (nSPS) is 11.7. The third-order valence-electron chi connectivity index (χ3n) is 3.80. The summed E-state index contributed by atoms with van der Waals surface area (Å²) in [5.41, 5.74) is 2.12. The summed E-state index contributed by atoms with van der Waals surface area (Å²) in [6.45, 7) is 6.34. The van der Waals surface area contributed by atoms with Gasteiger partial charge in [0.05, 0.1) is 6.10 Å². The molecule has 0 aliphatic heterocycles. The first-order valence-corrected chi connectivity index (χ1v) is 8.46. The Morgan fingerprint density at radius 3 is 2.65 bits per heavy atom. The van der Waals surface area contributed by atoms with E-state index in [1.165, 1.54) is 5.56 Å². The van der Waals surface area contributed by atoms with E-state index in [1.807, 2.05) is 25.2 Å². The fourth-order valence-electron chi connectivity index (χ4n) is 2.32. The lowest BCUT2D eigenvalue weighted by atomic mass is 10.1. The topological polar surface area (TPSA) is 50.4 Å². The molecule has 0 heterocycles. The van der Waals surface area contributed by atoms with Gasteiger partial charge in [-0.05, 0) is 24.8 Å². The van der Waals surface area contributed by atoms with Crippen molar-refractivity contribution < 1.29 is 9.53 Å². The van der Waals surface area contributed by atoms with Gasteiger partial charge in [0.25, 0.3) is 0 Å². The molecule has 4 nitrogen and oxygen atoms in total. The van der Waals surface area contributed by atoms with E-state index >= 15 is 0 Å². The molecule has 1 atom stereocenters. The number of hydrogen-bond donors (Lipinski definition) is 2. The minimum atomic E-state index is -0.0513. The number of likely N-dealkylation sites (N-methyl/N-ethyl adjacent to an activating group) is 1. The SMILES string of the molecule is C=C(NC)C(CCCC)OCNC(=O)CCCc1ccccc1. The molecule has 1 aromatic carbocycles. The van der Waals surface area contributed by atoms with Crippen LogP contribution in [0, 0.1) is 0 Å². The molecule has 0 radical (unpaired) electrons. The molecule has 0 aromatic heterocycles. The fraction of sp³-hybridized carbons (Fsp3) is 0.526. The summed E-state index contributed by atoms with van der Waals surface area (Å²) in [7, 11) is 1.84. The molecule has 0 aliphatic rings. The number of ether oxygens (including phenoxy) is 1. The van der Waals surface area contributed by atoms with Crippen molar-refractivity contribution in [1.82, 2.24) is 10.6 Å². The van der Waals surface area contributed by atoms with E-state index in [1.54, 1.807) is 0 Å². The van der Waals surface area contributed by atoms with Crippen LogP contribution >= 0.6 is 0 Å². The van der Waals surface area contributed by atoms with Crippen LogP contribution in [0.4, 0.5) is 0 Å². The van der Waals surface area contributed by atoms with E-state index in [2.05, 4.69) is 36.3 Å². The van der Waals surface area contributed by atoms with Crippen LogP contribution in [0.15, 0.2) is 42.6 Å². The van der Waals surface area contributed by atoms with E-state index in [0.717, 1.165) is 37.8 Å². The molecule has 128 valence electrons. The molecule has 1 unspecified atom stereocenters. The molecule has 23 heavy (non-hydrogen) atoms. The lowest BCUT2D eigenvalue weighted by molar-refractivity contribution is -0.123. The van der Waals surface area contributed by atoms with Crippen molar-refractivity contribution in [2.45, 2.75) is 51.6 Å². The maximum Gasteiger partial charge on any atom is 0.221 e. The summed E-state index contributed by atoms with van der Waals surface area (Å²) < 4.78 is 5.74. The summed E-state index contributed by atoms with van der Waals surface area (Å²) in [4.78, 5) is 11.8. The average Bonchev–Trinajstić information content (AvgIpc) is 2.58. The van der Waals surface area contributed by atoms with Gasteiger partial charge in [-0.2, -0.15) is 0 Å². The van der Waals surface area contributed by atoms with Crippen LogP contribution in [0.25, 0.3) is 0 Å². The molecule has 0 bridgehead atoms. The second-order valence-corrected chi connectivity index (χ2v) is 5.66. The van der Waals surface area contributed by atoms with E-state index in [-0.39, 0.29) is 18.7 Å². The number of nitrogens with one attached hydrogen (secondary N) is 2. The largest absolute Gasteiger partial charge is 0.390 e. The third kappa shape index (κ3) is 8.41. The van der Waals surface area contributed by atoms with Gasteiger partial charge in [-0.15, -0.1) is 0 Å². The zero-order valence-electron chi connectivity index (χ0n) is 14.4. The Balaban J connectivity index is 2.19. The van der Waals surface area contributed by atoms with Crippen molar-refractivity contribution in [3.63, 3.8) is 0 Å². The molecule has 0 aliphatic carbocycles. The predicted octanol–water partition coefficient (Wildman–Crippen LogP) is 3.39. The van der Waals surface area contributed by atoms with Crippen molar-refractivity contribution >= 4 is 5.91 Å². The number of hydrogen-bond acceptors (Lipinski definition) is 3. The first kappa shape index (κ1) is 19.2. The van der Waals surface area contributed by atoms with E-state index in [9.17, 15) is 4.79 Å². The summed E-state index contributed by atoms with van der Waals surface area (Å²) >= 11 is 0. The highest BCUT2D eigenvalue weighted by Gasteiger charge is 2.12. The molecule has 1 aromatic rings. The molecule has 0 saturated carbocycles. The Hall–Kier alpha value is -1.81. The average molecular weight is 318 g/mol. The van der Waals surface area contributed by atoms with Crippen LogP contribution in [0.3, 0.4) is 0 Å². The maximum atomic E-state index is 11.8. The van der Waals surface area contributed by atoms with Gasteiger partial charge in [-0.25, -0.2) is 0 Å². The maximum absolute atomic E-state index is 11.8. The van der Waals surface area contributed by atoms with Gasteiger partial charge in [0, 0.05) is 19.2 Å². The molecular formula is C19H30N2O2. The fourth-order valence-corrected chi connectivity index (χ4v) is 2.32. The Labute approximate surface area is 140 Å². The highest BCUT2D eigenvalue weighted by molar-refractivity contribution is 5.75. The molecule has 1 rings (SSSR count). The lowest BCUT2D eigenvalue weighted by Crippen LogP contribution is -2.31. The highest BCUT2D eigenvalue weighted by Crippen LogP contribution is 2.10. The van der Waals surface area contributed by atoms with Crippen LogP contribution in [-0.4, -0.2) is 25.8 Å². The summed E-state index contributed by atoms with van der Waals surface area (Å²) in [6.07, 6.45) is 5.34. The predicted molar refractivity (Wildman–Crippen MR) is 95.0 cm³/mol. The zero-order valence-corrected chi connectivity index (χ0v) is 14.4. The van der Waals surface area contributed by atoms with E-state index in [0.29, 0.717) is 6.42 Å². The number of unbranched alkanes of at least 4 members (excludes halogenated alkanes) is 1. The first-order chi connectivity index (χ1) is 11.2. The smallest absolute Gasteiger partial charge is 0.221 e. The first-order valence-electron chi connectivity index (χ1n) is 8.46. The van der Waals surface area contributed by atoms with Gasteiger partial charge in [0.1, 0.15) is 6.73 Å². The van der Waals surface area contributed by atoms with E-state index in [4.69, 9.17) is 4.74 Å². The molecule has 2 N–H and O–H groups in total. The summed E-state index contributed by atoms with van der Waals surface area (Å²) in [6, 6.07) is 10.2. The quantitative estimate of drug-likeness (QED) is 0.581. The number of aryl methyl sites for hydroxylation is 1. The number of carbonyl (C=O) groups is 1. The second-order valence-electron chi connectivity index (χ2n) is 5.66. The van der Waals surface area contributed by atoms with E-state index < -0.39 is 0 Å². The molecular weight excluding hydrogens is 288 g/mol. The zero-order chi connectivity index (χ0) is 16.9. The molecule has 0 fully saturated rings. The van der Waals surface area contributed by atoms with Crippen LogP contribution < -0.4 is 10.6 Å². The standard InChI is InChI=1S/C19H30N2O2/c1-4-5-13-18(16(2)20-3)23-15-21-19(22)14-9-12-17-10-7-6-8-11-17/h6-8,10-11,18,20H,2,4-5,9,12-15H2,1,3H3,(H,21,22). The Morgan fingerprint density at radius 2 is 2.00 bits per heavy atom. The minimum absolute atomic E-state index is 0.0326. The molecule has 4 heteroatoms. The van der Waals surface area contributed by atoms with Gasteiger partial charge in [0.2, 0.25) is 5.91 Å². The number of carbonyl (C=O) groups excluding carboxylic acids is 1. The Morgan fingerprint density at radius 1 is 1.26 bits per heavy atom. The number of rotatable bonds is 12. The van der Waals surface area contributed by atoms with Gasteiger partial charge < -0.3 is 15.4 Å². The Kier molecular flexibility index (Phi) is 9.80. The molecule has 0 spiro atoms. The van der Waals surface area contributed by atoms with Gasteiger partial charge in [-0.3, -0.25) is 4.79 Å². The van der Waals surface area contributed by atoms with Crippen molar-refractivity contribution in [2.75, 3.05) is 13.8 Å². The molecule has 0 saturated heterocycles. The van der Waals surface area contributed by atoms with Crippen LogP contribution in [0.1, 0.15) is 44.6 Å². The van der Waals surface area contributed by atoms with Crippen LogP contribution in [0.5, 0.6) is 0 Å². The summed E-state index contributed by atoms with van der Waals surface area (Å²) in [5, 5.41) is 5.86. The van der Waals surface area contributed by atoms with Gasteiger partial charge >= 0.3 is 0 Å². The molecule has 1 amide bonds.